The number of amides is 3. The van der Waals surface area contributed by atoms with Crippen LogP contribution in [-0.2, 0) is 0 Å². The number of pyridine rings is 1. The fourth-order valence-corrected chi connectivity index (χ4v) is 3.82. The molecule has 0 spiro atoms. The number of rotatable bonds is 6. The second kappa shape index (κ2) is 12.4. The van der Waals surface area contributed by atoms with E-state index in [1.807, 2.05) is 6.92 Å². The first-order chi connectivity index (χ1) is 17.6. The van der Waals surface area contributed by atoms with E-state index in [2.05, 4.69) is 22.1 Å². The highest BCUT2D eigenvalue weighted by Crippen LogP contribution is 2.27. The van der Waals surface area contributed by atoms with E-state index in [-0.39, 0.29) is 42.5 Å². The third-order valence-electron chi connectivity index (χ3n) is 6.09. The van der Waals surface area contributed by atoms with Crippen LogP contribution in [0.3, 0.4) is 0 Å². The number of likely N-dealkylation sites (N-methyl/N-ethyl adjacent to an activating group) is 1. The quantitative estimate of drug-likeness (QED) is 0.509. The van der Waals surface area contributed by atoms with Gasteiger partial charge in [-0.3, -0.25) is 4.79 Å². The molecule has 37 heavy (non-hydrogen) atoms. The van der Waals surface area contributed by atoms with Gasteiger partial charge in [-0.2, -0.15) is 0 Å². The van der Waals surface area contributed by atoms with Crippen LogP contribution >= 0.6 is 0 Å². The summed E-state index contributed by atoms with van der Waals surface area (Å²) in [5.74, 6) is 5.74. The maximum absolute atomic E-state index is 13.4. The van der Waals surface area contributed by atoms with Gasteiger partial charge in [0.2, 0.25) is 5.88 Å². The molecule has 3 N–H and O–H groups in total. The Morgan fingerprint density at radius 3 is 2.68 bits per heavy atom. The molecule has 0 saturated carbocycles. The summed E-state index contributed by atoms with van der Waals surface area (Å²) in [5.41, 5.74) is 1.28. The van der Waals surface area contributed by atoms with Crippen molar-refractivity contribution in [2.45, 2.75) is 39.0 Å². The van der Waals surface area contributed by atoms with Crippen LogP contribution in [0.1, 0.15) is 36.7 Å². The predicted molar refractivity (Wildman–Crippen MR) is 139 cm³/mol. The molecule has 198 valence electrons. The summed E-state index contributed by atoms with van der Waals surface area (Å²) in [6, 6.07) is 7.82. The van der Waals surface area contributed by atoms with Gasteiger partial charge >= 0.3 is 6.03 Å². The van der Waals surface area contributed by atoms with Gasteiger partial charge in [0, 0.05) is 37.0 Å². The number of methoxy groups -OCH3 is 1. The number of aliphatic hydroxyl groups excluding tert-OH is 2. The number of carbonyl (C=O) groups is 2. The topological polar surface area (TPSA) is 124 Å². The van der Waals surface area contributed by atoms with Gasteiger partial charge in [-0.15, -0.1) is 0 Å². The molecule has 1 aromatic heterocycles. The van der Waals surface area contributed by atoms with Crippen molar-refractivity contribution in [1.82, 2.24) is 14.8 Å². The lowest BCUT2D eigenvalue weighted by atomic mass is 10.00. The van der Waals surface area contributed by atoms with Crippen molar-refractivity contribution in [2.24, 2.45) is 5.92 Å². The molecule has 10 nitrogen and oxygen atoms in total. The van der Waals surface area contributed by atoms with E-state index >= 15 is 0 Å². The van der Waals surface area contributed by atoms with Gasteiger partial charge in [-0.25, -0.2) is 9.78 Å². The van der Waals surface area contributed by atoms with Gasteiger partial charge in [-0.1, -0.05) is 18.8 Å². The molecule has 2 heterocycles. The summed E-state index contributed by atoms with van der Waals surface area (Å²) in [6.45, 7) is 5.56. The van der Waals surface area contributed by atoms with E-state index in [0.29, 0.717) is 23.5 Å². The van der Waals surface area contributed by atoms with Gasteiger partial charge in [0.05, 0.1) is 26.3 Å². The molecule has 0 fully saturated rings. The van der Waals surface area contributed by atoms with Crippen LogP contribution in [0.2, 0.25) is 0 Å². The van der Waals surface area contributed by atoms with Crippen LogP contribution in [0, 0.1) is 17.8 Å². The minimum Gasteiger partial charge on any atom is -0.497 e. The minimum atomic E-state index is -0.829. The molecule has 0 bridgehead atoms. The highest BCUT2D eigenvalue weighted by Gasteiger charge is 2.34. The van der Waals surface area contributed by atoms with E-state index in [0.717, 1.165) is 0 Å². The van der Waals surface area contributed by atoms with Crippen LogP contribution in [0.25, 0.3) is 0 Å². The van der Waals surface area contributed by atoms with Gasteiger partial charge < -0.3 is 34.8 Å². The average molecular weight is 511 g/mol. The number of carbonyl (C=O) groups excluding carboxylic acids is 2. The Labute approximate surface area is 217 Å². The molecule has 4 atom stereocenters. The maximum atomic E-state index is 13.4. The van der Waals surface area contributed by atoms with E-state index < -0.39 is 18.2 Å². The molecule has 0 saturated heterocycles. The van der Waals surface area contributed by atoms with E-state index in [9.17, 15) is 19.8 Å². The number of urea groups is 1. The third kappa shape index (κ3) is 7.12. The molecule has 0 unspecified atom stereocenters. The first-order valence-electron chi connectivity index (χ1n) is 12.1. The van der Waals surface area contributed by atoms with Gasteiger partial charge in [0.1, 0.15) is 23.5 Å². The SMILES string of the molecule is COc1ccc(NC(=O)N(C)C[C@H]2Oc3ncc(C#C[C@H](C)O)cc3C(=O)N([C@H](C)CO)C[C@@H]2C)cc1. The molecule has 1 aliphatic heterocycles. The monoisotopic (exact) mass is 510 g/mol. The smallest absolute Gasteiger partial charge is 0.321 e. The minimum absolute atomic E-state index is 0.128. The lowest BCUT2D eigenvalue weighted by molar-refractivity contribution is 0.0356. The summed E-state index contributed by atoms with van der Waals surface area (Å²) in [7, 11) is 3.24. The van der Waals surface area contributed by atoms with Gasteiger partial charge in [-0.05, 0) is 44.2 Å². The first kappa shape index (κ1) is 27.8. The molecule has 0 aliphatic carbocycles. The first-order valence-corrected chi connectivity index (χ1v) is 12.1. The largest absolute Gasteiger partial charge is 0.497 e. The molecule has 3 amide bonds. The standard InChI is InChI=1S/C27H34N4O6/c1-17-14-31(18(2)16-32)26(34)23-12-20(7-6-19(3)33)13-28-25(23)37-24(17)15-30(4)27(35)29-21-8-10-22(36-5)11-9-21/h8-13,17-19,24,32-33H,14-16H2,1-5H3,(H,29,35)/t17-,18+,19-,24+/m0/s1. The number of benzene rings is 1. The zero-order valence-electron chi connectivity index (χ0n) is 21.8. The number of ether oxygens (including phenoxy) is 2. The molecule has 0 radical (unpaired) electrons. The molecular formula is C27H34N4O6. The number of fused-ring (bicyclic) bond motifs is 1. The second-order valence-corrected chi connectivity index (χ2v) is 9.18. The predicted octanol–water partition coefficient (Wildman–Crippen LogP) is 2.21. The number of aromatic nitrogens is 1. The number of anilines is 1. The summed E-state index contributed by atoms with van der Waals surface area (Å²) in [4.78, 5) is 33.7. The number of nitrogens with zero attached hydrogens (tertiary/aromatic N) is 3. The number of hydrogen-bond acceptors (Lipinski definition) is 7. The van der Waals surface area contributed by atoms with Gasteiger partial charge in [0.25, 0.3) is 5.91 Å². The molecular weight excluding hydrogens is 476 g/mol. The number of aliphatic hydroxyl groups is 2. The summed E-state index contributed by atoms with van der Waals surface area (Å²) < 4.78 is 11.4. The van der Waals surface area contributed by atoms with E-state index in [1.165, 1.54) is 11.1 Å². The van der Waals surface area contributed by atoms with Crippen molar-refractivity contribution in [3.05, 3.63) is 47.7 Å². The van der Waals surface area contributed by atoms with Crippen molar-refractivity contribution in [2.75, 3.05) is 39.2 Å². The molecule has 1 aromatic carbocycles. The van der Waals surface area contributed by atoms with Crippen LogP contribution in [-0.4, -0.2) is 89.0 Å². The van der Waals surface area contributed by atoms with Crippen molar-refractivity contribution in [3.63, 3.8) is 0 Å². The lowest BCUT2D eigenvalue weighted by Gasteiger charge is -2.37. The van der Waals surface area contributed by atoms with Crippen molar-refractivity contribution < 1.29 is 29.3 Å². The number of nitrogens with one attached hydrogen (secondary N) is 1. The molecule has 2 aromatic rings. The fraction of sp³-hybridized carbons (Fsp3) is 0.444. The summed E-state index contributed by atoms with van der Waals surface area (Å²) >= 11 is 0. The Bertz CT molecular complexity index is 1160. The van der Waals surface area contributed by atoms with Crippen LogP contribution in [0.5, 0.6) is 11.6 Å². The lowest BCUT2D eigenvalue weighted by Crippen LogP contribution is -2.50. The van der Waals surface area contributed by atoms with Crippen LogP contribution in [0.4, 0.5) is 10.5 Å². The molecule has 3 rings (SSSR count). The Balaban J connectivity index is 1.85. The van der Waals surface area contributed by atoms with Crippen molar-refractivity contribution in [1.29, 1.82) is 0 Å². The highest BCUT2D eigenvalue weighted by molar-refractivity contribution is 5.97. The Morgan fingerprint density at radius 2 is 2.05 bits per heavy atom. The molecule has 1 aliphatic rings. The second-order valence-electron chi connectivity index (χ2n) is 9.18. The maximum Gasteiger partial charge on any atom is 0.321 e. The Hall–Kier alpha value is -3.81. The van der Waals surface area contributed by atoms with Crippen LogP contribution < -0.4 is 14.8 Å². The zero-order chi connectivity index (χ0) is 27.1. The zero-order valence-corrected chi connectivity index (χ0v) is 21.8. The molecule has 10 heteroatoms. The summed E-state index contributed by atoms with van der Waals surface area (Å²) in [5, 5.41) is 22.1. The van der Waals surface area contributed by atoms with Crippen molar-refractivity contribution >= 4 is 17.6 Å². The Morgan fingerprint density at radius 1 is 1.35 bits per heavy atom. The fourth-order valence-electron chi connectivity index (χ4n) is 3.82. The van der Waals surface area contributed by atoms with E-state index in [1.54, 1.807) is 63.2 Å². The third-order valence-corrected chi connectivity index (χ3v) is 6.09. The average Bonchev–Trinajstić information content (AvgIpc) is 2.89. The summed E-state index contributed by atoms with van der Waals surface area (Å²) in [6.07, 6.45) is 0.156. The van der Waals surface area contributed by atoms with Crippen molar-refractivity contribution in [3.8, 4) is 23.5 Å². The normalized spacial score (nSPS) is 18.7. The van der Waals surface area contributed by atoms with Crippen LogP contribution in [0.15, 0.2) is 36.5 Å². The number of hydrogen-bond donors (Lipinski definition) is 3. The van der Waals surface area contributed by atoms with E-state index in [4.69, 9.17) is 9.47 Å². The van der Waals surface area contributed by atoms with Gasteiger partial charge in [0.15, 0.2) is 0 Å². The highest BCUT2D eigenvalue weighted by atomic mass is 16.5. The Kier molecular flexibility index (Phi) is 9.33.